The van der Waals surface area contributed by atoms with E-state index in [1.165, 1.54) is 0 Å². The van der Waals surface area contributed by atoms with E-state index in [9.17, 15) is 5.11 Å². The number of hydrogen-bond acceptors (Lipinski definition) is 2. The number of fused-ring (bicyclic) bond motifs is 1. The zero-order valence-electron chi connectivity index (χ0n) is 9.41. The lowest BCUT2D eigenvalue weighted by Gasteiger charge is -2.04. The van der Waals surface area contributed by atoms with E-state index in [0.29, 0.717) is 11.3 Å². The number of rotatable bonds is 2. The van der Waals surface area contributed by atoms with Crippen LogP contribution in [-0.2, 0) is 6.54 Å². The highest BCUT2D eigenvalue weighted by Gasteiger charge is 2.12. The van der Waals surface area contributed by atoms with Gasteiger partial charge in [0, 0.05) is 17.5 Å². The third-order valence-electron chi connectivity index (χ3n) is 2.92. The molecule has 0 saturated carbocycles. The van der Waals surface area contributed by atoms with Crippen LogP contribution >= 0.6 is 0 Å². The van der Waals surface area contributed by atoms with E-state index in [1.807, 2.05) is 24.5 Å². The molecule has 0 aliphatic carbocycles. The summed E-state index contributed by atoms with van der Waals surface area (Å²) in [5.41, 5.74) is 7.90. The number of nitrogens with one attached hydrogen (secondary N) is 1. The SMILES string of the molecule is CCn1c(C)c(O)c2ccc(C(=N)N)cc21. The van der Waals surface area contributed by atoms with Gasteiger partial charge in [-0.1, -0.05) is 6.07 Å². The molecule has 0 aliphatic heterocycles. The molecule has 0 radical (unpaired) electrons. The van der Waals surface area contributed by atoms with E-state index in [2.05, 4.69) is 0 Å². The molecule has 2 aromatic rings. The third kappa shape index (κ3) is 1.34. The molecule has 1 heterocycles. The number of amidine groups is 1. The average Bonchev–Trinajstić information content (AvgIpc) is 2.51. The van der Waals surface area contributed by atoms with Gasteiger partial charge in [0.15, 0.2) is 0 Å². The number of nitrogen functional groups attached to an aromatic ring is 1. The molecule has 0 unspecified atom stereocenters. The van der Waals surface area contributed by atoms with Crippen molar-refractivity contribution in [3.8, 4) is 5.75 Å². The van der Waals surface area contributed by atoms with Crippen molar-refractivity contribution >= 4 is 16.7 Å². The van der Waals surface area contributed by atoms with E-state index in [4.69, 9.17) is 11.1 Å². The lowest BCUT2D eigenvalue weighted by molar-refractivity contribution is 0.473. The molecule has 84 valence electrons. The van der Waals surface area contributed by atoms with Gasteiger partial charge < -0.3 is 15.4 Å². The molecule has 0 amide bonds. The first-order valence-corrected chi connectivity index (χ1v) is 5.22. The van der Waals surface area contributed by atoms with Crippen molar-refractivity contribution in [2.75, 3.05) is 0 Å². The number of hydrogen-bond donors (Lipinski definition) is 3. The zero-order valence-corrected chi connectivity index (χ0v) is 9.41. The first-order valence-electron chi connectivity index (χ1n) is 5.22. The van der Waals surface area contributed by atoms with Crippen LogP contribution in [-0.4, -0.2) is 15.5 Å². The summed E-state index contributed by atoms with van der Waals surface area (Å²) in [7, 11) is 0. The molecule has 4 N–H and O–H groups in total. The molecule has 0 spiro atoms. The van der Waals surface area contributed by atoms with Crippen molar-refractivity contribution in [1.82, 2.24) is 4.57 Å². The Balaban J connectivity index is 2.81. The van der Waals surface area contributed by atoms with E-state index >= 15 is 0 Å². The second-order valence-electron chi connectivity index (χ2n) is 3.82. The van der Waals surface area contributed by atoms with Gasteiger partial charge >= 0.3 is 0 Å². The average molecular weight is 217 g/mol. The lowest BCUT2D eigenvalue weighted by Crippen LogP contribution is -2.10. The fraction of sp³-hybridized carbons (Fsp3) is 0.250. The minimum atomic E-state index is 0.0443. The summed E-state index contributed by atoms with van der Waals surface area (Å²) in [6.07, 6.45) is 0. The largest absolute Gasteiger partial charge is 0.505 e. The first kappa shape index (κ1) is 10.5. The summed E-state index contributed by atoms with van der Waals surface area (Å²) in [6.45, 7) is 4.68. The third-order valence-corrected chi connectivity index (χ3v) is 2.92. The van der Waals surface area contributed by atoms with Crippen LogP contribution in [0.3, 0.4) is 0 Å². The van der Waals surface area contributed by atoms with E-state index < -0.39 is 0 Å². The van der Waals surface area contributed by atoms with E-state index in [1.54, 1.807) is 12.1 Å². The molecule has 1 aromatic carbocycles. The Hall–Kier alpha value is -1.97. The van der Waals surface area contributed by atoms with Gasteiger partial charge in [-0.15, -0.1) is 0 Å². The van der Waals surface area contributed by atoms with Crippen LogP contribution < -0.4 is 5.73 Å². The molecule has 0 aliphatic rings. The standard InChI is InChI=1S/C12H15N3O/c1-3-15-7(2)11(16)9-5-4-8(12(13)14)6-10(9)15/h4-6,16H,3H2,1-2H3,(H3,13,14). The van der Waals surface area contributed by atoms with Gasteiger partial charge in [-0.2, -0.15) is 0 Å². The van der Waals surface area contributed by atoms with Crippen molar-refractivity contribution in [1.29, 1.82) is 5.41 Å². The highest BCUT2D eigenvalue weighted by Crippen LogP contribution is 2.31. The van der Waals surface area contributed by atoms with Crippen molar-refractivity contribution in [3.05, 3.63) is 29.5 Å². The fourth-order valence-electron chi connectivity index (χ4n) is 2.03. The molecular weight excluding hydrogens is 202 g/mol. The predicted octanol–water partition coefficient (Wildman–Crippen LogP) is 1.96. The molecule has 0 atom stereocenters. The van der Waals surface area contributed by atoms with Crippen LogP contribution in [0.2, 0.25) is 0 Å². The molecule has 0 saturated heterocycles. The van der Waals surface area contributed by atoms with Crippen molar-refractivity contribution in [2.45, 2.75) is 20.4 Å². The highest BCUT2D eigenvalue weighted by molar-refractivity contribution is 6.00. The Labute approximate surface area is 93.8 Å². The van der Waals surface area contributed by atoms with Gasteiger partial charge in [0.05, 0.1) is 11.2 Å². The molecule has 2 rings (SSSR count). The zero-order chi connectivity index (χ0) is 11.9. The van der Waals surface area contributed by atoms with Crippen molar-refractivity contribution in [3.63, 3.8) is 0 Å². The second kappa shape index (κ2) is 3.56. The summed E-state index contributed by atoms with van der Waals surface area (Å²) in [5.74, 6) is 0.356. The topological polar surface area (TPSA) is 75.0 Å². The Morgan fingerprint density at radius 3 is 2.75 bits per heavy atom. The minimum Gasteiger partial charge on any atom is -0.505 e. The highest BCUT2D eigenvalue weighted by atomic mass is 16.3. The Kier molecular flexibility index (Phi) is 2.34. The molecule has 16 heavy (non-hydrogen) atoms. The normalized spacial score (nSPS) is 10.9. The van der Waals surface area contributed by atoms with Gasteiger partial charge in [0.1, 0.15) is 11.6 Å². The monoisotopic (exact) mass is 217 g/mol. The Morgan fingerprint density at radius 2 is 2.19 bits per heavy atom. The fourth-order valence-corrected chi connectivity index (χ4v) is 2.03. The van der Waals surface area contributed by atoms with Crippen LogP contribution in [0.25, 0.3) is 10.9 Å². The van der Waals surface area contributed by atoms with Crippen LogP contribution in [0.5, 0.6) is 5.75 Å². The first-order chi connectivity index (χ1) is 7.56. The summed E-state index contributed by atoms with van der Waals surface area (Å²) < 4.78 is 2.01. The Bertz CT molecular complexity index is 569. The summed E-state index contributed by atoms with van der Waals surface area (Å²) in [6, 6.07) is 5.40. The number of aryl methyl sites for hydroxylation is 1. The summed E-state index contributed by atoms with van der Waals surface area (Å²) >= 11 is 0. The van der Waals surface area contributed by atoms with Crippen molar-refractivity contribution < 1.29 is 5.11 Å². The smallest absolute Gasteiger partial charge is 0.144 e. The van der Waals surface area contributed by atoms with Crippen LogP contribution in [0.15, 0.2) is 18.2 Å². The quantitative estimate of drug-likeness (QED) is 0.531. The van der Waals surface area contributed by atoms with E-state index in [-0.39, 0.29) is 5.84 Å². The predicted molar refractivity (Wildman–Crippen MR) is 65.0 cm³/mol. The lowest BCUT2D eigenvalue weighted by atomic mass is 10.1. The number of aromatic hydroxyl groups is 1. The second-order valence-corrected chi connectivity index (χ2v) is 3.82. The van der Waals surface area contributed by atoms with Gasteiger partial charge in [0.2, 0.25) is 0 Å². The van der Waals surface area contributed by atoms with Gasteiger partial charge in [0.25, 0.3) is 0 Å². The number of nitrogens with zero attached hydrogens (tertiary/aromatic N) is 1. The summed E-state index contributed by atoms with van der Waals surface area (Å²) in [4.78, 5) is 0. The Morgan fingerprint density at radius 1 is 1.50 bits per heavy atom. The summed E-state index contributed by atoms with van der Waals surface area (Å²) in [5, 5.41) is 18.1. The molecule has 4 nitrogen and oxygen atoms in total. The van der Waals surface area contributed by atoms with Gasteiger partial charge in [-0.3, -0.25) is 5.41 Å². The maximum atomic E-state index is 9.93. The van der Waals surface area contributed by atoms with Crippen LogP contribution in [0.1, 0.15) is 18.2 Å². The van der Waals surface area contributed by atoms with Gasteiger partial charge in [-0.25, -0.2) is 0 Å². The van der Waals surface area contributed by atoms with E-state index in [0.717, 1.165) is 23.1 Å². The minimum absolute atomic E-state index is 0.0443. The number of nitrogens with two attached hydrogens (primary N) is 1. The number of benzene rings is 1. The molecule has 0 fully saturated rings. The van der Waals surface area contributed by atoms with Gasteiger partial charge in [-0.05, 0) is 26.0 Å². The number of aromatic nitrogens is 1. The van der Waals surface area contributed by atoms with Crippen molar-refractivity contribution in [2.24, 2.45) is 5.73 Å². The molecule has 0 bridgehead atoms. The maximum absolute atomic E-state index is 9.93. The molecule has 4 heteroatoms. The molecule has 1 aromatic heterocycles. The van der Waals surface area contributed by atoms with Crippen LogP contribution in [0, 0.1) is 12.3 Å². The maximum Gasteiger partial charge on any atom is 0.144 e. The van der Waals surface area contributed by atoms with Crippen LogP contribution in [0.4, 0.5) is 0 Å². The molecular formula is C12H15N3O.